The van der Waals surface area contributed by atoms with Gasteiger partial charge in [-0.25, -0.2) is 0 Å². The van der Waals surface area contributed by atoms with Crippen LogP contribution >= 0.6 is 0 Å². The van der Waals surface area contributed by atoms with Gasteiger partial charge in [0.15, 0.2) is 0 Å². The molecule has 1 fully saturated rings. The Balaban J connectivity index is 2.66. The van der Waals surface area contributed by atoms with Crippen LogP contribution in [0.1, 0.15) is 46.5 Å². The maximum absolute atomic E-state index is 10.5. The zero-order valence-electron chi connectivity index (χ0n) is 8.47. The first-order chi connectivity index (χ1) is 5.58. The molecule has 0 aliphatic heterocycles. The summed E-state index contributed by atoms with van der Waals surface area (Å²) in [4.78, 5) is 10.5. The Bertz CT molecular complexity index is 160. The van der Waals surface area contributed by atoms with E-state index in [2.05, 4.69) is 20.8 Å². The largest absolute Gasteiger partial charge is 0.303 e. The Morgan fingerprint density at radius 1 is 1.50 bits per heavy atom. The second-order valence-electron chi connectivity index (χ2n) is 4.87. The predicted molar refractivity (Wildman–Crippen MR) is 51.0 cm³/mol. The topological polar surface area (TPSA) is 17.1 Å². The molecule has 0 saturated heterocycles. The molecule has 1 aliphatic rings. The zero-order valence-corrected chi connectivity index (χ0v) is 8.47. The lowest BCUT2D eigenvalue weighted by molar-refractivity contribution is -0.110. The van der Waals surface area contributed by atoms with E-state index in [1.54, 1.807) is 0 Å². The van der Waals surface area contributed by atoms with Crippen molar-refractivity contribution in [2.24, 2.45) is 17.3 Å². The molecule has 0 aromatic rings. The molecule has 1 rings (SSSR count). The summed E-state index contributed by atoms with van der Waals surface area (Å²) >= 11 is 0. The van der Waals surface area contributed by atoms with Crippen LogP contribution in [0.15, 0.2) is 0 Å². The van der Waals surface area contributed by atoms with Crippen molar-refractivity contribution in [1.82, 2.24) is 0 Å². The molecule has 0 bridgehead atoms. The highest BCUT2D eigenvalue weighted by Crippen LogP contribution is 2.44. The second-order valence-corrected chi connectivity index (χ2v) is 4.87. The van der Waals surface area contributed by atoms with E-state index in [1.807, 2.05) is 0 Å². The van der Waals surface area contributed by atoms with Gasteiger partial charge in [-0.2, -0.15) is 0 Å². The molecule has 2 atom stereocenters. The highest BCUT2D eigenvalue weighted by Gasteiger charge is 2.35. The summed E-state index contributed by atoms with van der Waals surface area (Å²) in [7, 11) is 0. The van der Waals surface area contributed by atoms with Crippen molar-refractivity contribution in [2.45, 2.75) is 46.5 Å². The van der Waals surface area contributed by atoms with Crippen LogP contribution in [0.25, 0.3) is 0 Å². The number of rotatable bonds is 2. The third-order valence-corrected chi connectivity index (χ3v) is 3.52. The minimum atomic E-state index is 0.387. The summed E-state index contributed by atoms with van der Waals surface area (Å²) < 4.78 is 0. The first kappa shape index (κ1) is 9.76. The fourth-order valence-electron chi connectivity index (χ4n) is 2.69. The molecule has 1 saturated carbocycles. The van der Waals surface area contributed by atoms with E-state index in [4.69, 9.17) is 0 Å². The summed E-state index contributed by atoms with van der Waals surface area (Å²) in [6, 6.07) is 0. The van der Waals surface area contributed by atoms with Crippen molar-refractivity contribution in [1.29, 1.82) is 0 Å². The number of hydrogen-bond donors (Lipinski definition) is 0. The van der Waals surface area contributed by atoms with Crippen molar-refractivity contribution in [2.75, 3.05) is 0 Å². The van der Waals surface area contributed by atoms with Crippen molar-refractivity contribution < 1.29 is 4.79 Å². The van der Waals surface area contributed by atoms with Gasteiger partial charge < -0.3 is 4.79 Å². The standard InChI is InChI=1S/C11H20O/c1-9-5-4-7-11(2,3)10(9)6-8-12/h8-10H,4-7H2,1-3H3/t9-,10+/m0/s1. The van der Waals surface area contributed by atoms with E-state index < -0.39 is 0 Å². The molecular formula is C11H20O. The molecule has 0 spiro atoms. The van der Waals surface area contributed by atoms with E-state index in [1.165, 1.54) is 19.3 Å². The Hall–Kier alpha value is -0.330. The van der Waals surface area contributed by atoms with Gasteiger partial charge in [0.05, 0.1) is 0 Å². The van der Waals surface area contributed by atoms with Gasteiger partial charge in [0, 0.05) is 6.42 Å². The quantitative estimate of drug-likeness (QED) is 0.579. The molecule has 0 aromatic carbocycles. The molecule has 70 valence electrons. The lowest BCUT2D eigenvalue weighted by Gasteiger charge is -2.42. The van der Waals surface area contributed by atoms with Gasteiger partial charge in [0.25, 0.3) is 0 Å². The van der Waals surface area contributed by atoms with Gasteiger partial charge in [0.2, 0.25) is 0 Å². The molecule has 12 heavy (non-hydrogen) atoms. The average molecular weight is 168 g/mol. The van der Waals surface area contributed by atoms with Crippen LogP contribution in [0.4, 0.5) is 0 Å². The monoisotopic (exact) mass is 168 g/mol. The highest BCUT2D eigenvalue weighted by atomic mass is 16.1. The van der Waals surface area contributed by atoms with Gasteiger partial charge >= 0.3 is 0 Å². The Labute approximate surface area is 75.5 Å². The SMILES string of the molecule is C[C@H]1CCCC(C)(C)[C@@H]1CC=O. The normalized spacial score (nSPS) is 34.6. The van der Waals surface area contributed by atoms with Crippen molar-refractivity contribution in [3.8, 4) is 0 Å². The van der Waals surface area contributed by atoms with Crippen LogP contribution in [0.2, 0.25) is 0 Å². The number of aldehydes is 1. The van der Waals surface area contributed by atoms with Crippen LogP contribution in [0, 0.1) is 17.3 Å². The number of carbonyl (C=O) groups is 1. The fourth-order valence-corrected chi connectivity index (χ4v) is 2.69. The van der Waals surface area contributed by atoms with Crippen LogP contribution in [-0.4, -0.2) is 6.29 Å². The van der Waals surface area contributed by atoms with Crippen molar-refractivity contribution in [3.63, 3.8) is 0 Å². The second kappa shape index (κ2) is 3.59. The molecule has 0 unspecified atom stereocenters. The molecule has 1 aliphatic carbocycles. The maximum atomic E-state index is 10.5. The van der Waals surface area contributed by atoms with Gasteiger partial charge in [0.1, 0.15) is 6.29 Å². The summed E-state index contributed by atoms with van der Waals surface area (Å²) in [6.07, 6.45) is 5.78. The summed E-state index contributed by atoms with van der Waals surface area (Å²) in [6.45, 7) is 6.89. The molecule has 1 heteroatoms. The molecule has 1 nitrogen and oxygen atoms in total. The van der Waals surface area contributed by atoms with E-state index in [0.717, 1.165) is 18.6 Å². The van der Waals surface area contributed by atoms with E-state index >= 15 is 0 Å². The fraction of sp³-hybridized carbons (Fsp3) is 0.909. The molecule has 0 heterocycles. The lowest BCUT2D eigenvalue weighted by atomic mass is 9.63. The smallest absolute Gasteiger partial charge is 0.120 e. The predicted octanol–water partition coefficient (Wildman–Crippen LogP) is 3.04. The molecule has 0 N–H and O–H groups in total. The number of hydrogen-bond acceptors (Lipinski definition) is 1. The minimum Gasteiger partial charge on any atom is -0.303 e. The Morgan fingerprint density at radius 2 is 2.17 bits per heavy atom. The average Bonchev–Trinajstić information content (AvgIpc) is 1.97. The van der Waals surface area contributed by atoms with Crippen LogP contribution in [-0.2, 0) is 4.79 Å². The van der Waals surface area contributed by atoms with E-state index in [0.29, 0.717) is 11.3 Å². The van der Waals surface area contributed by atoms with E-state index in [9.17, 15) is 4.79 Å². The van der Waals surface area contributed by atoms with Gasteiger partial charge in [-0.05, 0) is 23.7 Å². The van der Waals surface area contributed by atoms with Crippen LogP contribution in [0.5, 0.6) is 0 Å². The zero-order chi connectivity index (χ0) is 9.19. The highest BCUT2D eigenvalue weighted by molar-refractivity contribution is 5.50. The third kappa shape index (κ3) is 1.88. The number of carbonyl (C=O) groups excluding carboxylic acids is 1. The maximum Gasteiger partial charge on any atom is 0.120 e. The summed E-state index contributed by atoms with van der Waals surface area (Å²) in [5.74, 6) is 1.35. The molecule has 0 radical (unpaired) electrons. The molecule has 0 aromatic heterocycles. The lowest BCUT2D eigenvalue weighted by Crippen LogP contribution is -2.33. The van der Waals surface area contributed by atoms with Gasteiger partial charge in [-0.3, -0.25) is 0 Å². The van der Waals surface area contributed by atoms with E-state index in [-0.39, 0.29) is 0 Å². The van der Waals surface area contributed by atoms with Crippen molar-refractivity contribution >= 4 is 6.29 Å². The van der Waals surface area contributed by atoms with Crippen LogP contribution in [0.3, 0.4) is 0 Å². The molecule has 0 amide bonds. The van der Waals surface area contributed by atoms with Gasteiger partial charge in [-0.1, -0.05) is 33.6 Å². The summed E-state index contributed by atoms with van der Waals surface area (Å²) in [5.41, 5.74) is 0.387. The first-order valence-corrected chi connectivity index (χ1v) is 5.01. The molecular weight excluding hydrogens is 148 g/mol. The minimum absolute atomic E-state index is 0.387. The third-order valence-electron chi connectivity index (χ3n) is 3.52. The van der Waals surface area contributed by atoms with Crippen molar-refractivity contribution in [3.05, 3.63) is 0 Å². The summed E-state index contributed by atoms with van der Waals surface area (Å²) in [5, 5.41) is 0. The van der Waals surface area contributed by atoms with Crippen LogP contribution < -0.4 is 0 Å². The Morgan fingerprint density at radius 3 is 2.67 bits per heavy atom. The Kier molecular flexibility index (Phi) is 2.92. The first-order valence-electron chi connectivity index (χ1n) is 5.01. The van der Waals surface area contributed by atoms with Gasteiger partial charge in [-0.15, -0.1) is 0 Å².